The molecule has 0 unspecified atom stereocenters. The topological polar surface area (TPSA) is 21.3 Å². The van der Waals surface area contributed by atoms with Gasteiger partial charge < -0.3 is 10.1 Å². The number of rotatable bonds is 7. The van der Waals surface area contributed by atoms with E-state index in [9.17, 15) is 4.39 Å². The predicted molar refractivity (Wildman–Crippen MR) is 85.3 cm³/mol. The van der Waals surface area contributed by atoms with Gasteiger partial charge in [-0.05, 0) is 36.6 Å². The fourth-order valence-corrected chi connectivity index (χ4v) is 2.22. The molecule has 21 heavy (non-hydrogen) atoms. The van der Waals surface area contributed by atoms with Crippen LogP contribution < -0.4 is 10.1 Å². The average molecular weight is 287 g/mol. The molecule has 3 heteroatoms. The number of halogens is 1. The molecule has 2 aromatic rings. The van der Waals surface area contributed by atoms with Crippen LogP contribution in [0.3, 0.4) is 0 Å². The Morgan fingerprint density at radius 1 is 1.10 bits per heavy atom. The van der Waals surface area contributed by atoms with Crippen molar-refractivity contribution in [1.29, 1.82) is 0 Å². The average Bonchev–Trinajstić information content (AvgIpc) is 2.53. The van der Waals surface area contributed by atoms with Gasteiger partial charge in [-0.2, -0.15) is 0 Å². The number of methoxy groups -OCH3 is 1. The first-order valence-electron chi connectivity index (χ1n) is 7.38. The van der Waals surface area contributed by atoms with Gasteiger partial charge in [0.25, 0.3) is 0 Å². The van der Waals surface area contributed by atoms with Gasteiger partial charge in [-0.15, -0.1) is 0 Å². The molecule has 0 amide bonds. The van der Waals surface area contributed by atoms with Crippen molar-refractivity contribution in [2.24, 2.45) is 0 Å². The smallest absolute Gasteiger partial charge is 0.170 e. The van der Waals surface area contributed by atoms with Crippen molar-refractivity contribution in [2.75, 3.05) is 12.4 Å². The third kappa shape index (κ3) is 4.22. The third-order valence-corrected chi connectivity index (χ3v) is 3.52. The molecule has 0 aliphatic carbocycles. The van der Waals surface area contributed by atoms with E-state index in [1.54, 1.807) is 18.2 Å². The first-order chi connectivity index (χ1) is 10.2. The highest BCUT2D eigenvalue weighted by Gasteiger charge is 2.07. The molecule has 0 fully saturated rings. The lowest BCUT2D eigenvalue weighted by Gasteiger charge is -2.10. The molecule has 2 rings (SSSR count). The van der Waals surface area contributed by atoms with E-state index in [1.807, 2.05) is 12.1 Å². The number of ether oxygens (including phenoxy) is 1. The number of hydrogen-bond donors (Lipinski definition) is 1. The van der Waals surface area contributed by atoms with Crippen LogP contribution in [0.2, 0.25) is 0 Å². The first kappa shape index (κ1) is 15.4. The maximum atomic E-state index is 14.0. The second-order valence-corrected chi connectivity index (χ2v) is 5.09. The predicted octanol–water partition coefficient (Wildman–Crippen LogP) is 4.79. The number of anilines is 1. The largest absolute Gasteiger partial charge is 0.494 e. The van der Waals surface area contributed by atoms with Crippen LogP contribution in [0.4, 0.5) is 10.1 Å². The van der Waals surface area contributed by atoms with Gasteiger partial charge in [0.05, 0.1) is 7.11 Å². The summed E-state index contributed by atoms with van der Waals surface area (Å²) >= 11 is 0. The van der Waals surface area contributed by atoms with Gasteiger partial charge in [0.15, 0.2) is 11.6 Å². The Hall–Kier alpha value is -2.03. The maximum Gasteiger partial charge on any atom is 0.170 e. The Morgan fingerprint density at radius 3 is 2.52 bits per heavy atom. The highest BCUT2D eigenvalue weighted by atomic mass is 19.1. The zero-order valence-corrected chi connectivity index (χ0v) is 12.7. The Labute approximate surface area is 126 Å². The minimum Gasteiger partial charge on any atom is -0.494 e. The second kappa shape index (κ2) is 7.67. The quantitative estimate of drug-likeness (QED) is 0.790. The summed E-state index contributed by atoms with van der Waals surface area (Å²) < 4.78 is 19.0. The third-order valence-electron chi connectivity index (χ3n) is 3.52. The molecule has 0 atom stereocenters. The van der Waals surface area contributed by atoms with Crippen LogP contribution in [0.25, 0.3) is 0 Å². The van der Waals surface area contributed by atoms with E-state index in [0.717, 1.165) is 12.1 Å². The number of aryl methyl sites for hydroxylation is 1. The molecule has 112 valence electrons. The Morgan fingerprint density at radius 2 is 1.86 bits per heavy atom. The zero-order valence-electron chi connectivity index (χ0n) is 12.7. The molecule has 0 heterocycles. The first-order valence-corrected chi connectivity index (χ1v) is 7.38. The molecule has 0 radical (unpaired) electrons. The summed E-state index contributed by atoms with van der Waals surface area (Å²) in [6, 6.07) is 13.5. The van der Waals surface area contributed by atoms with Crippen LogP contribution in [0.1, 0.15) is 30.9 Å². The molecular formula is C18H22FNO. The van der Waals surface area contributed by atoms with E-state index in [4.69, 9.17) is 4.74 Å². The zero-order chi connectivity index (χ0) is 15.1. The van der Waals surface area contributed by atoms with Crippen molar-refractivity contribution in [3.05, 3.63) is 59.4 Å². The summed E-state index contributed by atoms with van der Waals surface area (Å²) in [6.45, 7) is 2.63. The summed E-state index contributed by atoms with van der Waals surface area (Å²) in [5.74, 6) is -0.0173. The normalized spacial score (nSPS) is 10.4. The van der Waals surface area contributed by atoms with Gasteiger partial charge >= 0.3 is 0 Å². The standard InChI is InChI=1S/C18H22FNO/c1-3-4-6-14-9-11-16(12-10-14)20-13-15-7-5-8-17(21-2)18(15)19/h5,7-12,20H,3-4,6,13H2,1-2H3. The van der Waals surface area contributed by atoms with Gasteiger partial charge in [0.1, 0.15) is 0 Å². The molecule has 0 aliphatic heterocycles. The van der Waals surface area contributed by atoms with Gasteiger partial charge in [0, 0.05) is 17.8 Å². The second-order valence-electron chi connectivity index (χ2n) is 5.09. The minimum absolute atomic E-state index is 0.282. The molecule has 0 aromatic heterocycles. The molecule has 0 spiro atoms. The molecule has 0 saturated heterocycles. The molecular weight excluding hydrogens is 265 g/mol. The maximum absolute atomic E-state index is 14.0. The van der Waals surface area contributed by atoms with E-state index in [-0.39, 0.29) is 11.6 Å². The summed E-state index contributed by atoms with van der Waals surface area (Å²) in [4.78, 5) is 0. The van der Waals surface area contributed by atoms with Gasteiger partial charge in [-0.1, -0.05) is 37.6 Å². The van der Waals surface area contributed by atoms with Gasteiger partial charge in [-0.3, -0.25) is 0 Å². The van der Waals surface area contributed by atoms with Crippen molar-refractivity contribution in [2.45, 2.75) is 32.7 Å². The van der Waals surface area contributed by atoms with E-state index in [0.29, 0.717) is 12.1 Å². The lowest BCUT2D eigenvalue weighted by atomic mass is 10.1. The Balaban J connectivity index is 1.97. The van der Waals surface area contributed by atoms with Crippen LogP contribution in [0.15, 0.2) is 42.5 Å². The summed E-state index contributed by atoms with van der Waals surface area (Å²) in [7, 11) is 1.48. The number of nitrogens with one attached hydrogen (secondary N) is 1. The van der Waals surface area contributed by atoms with Crippen LogP contribution in [-0.4, -0.2) is 7.11 Å². The highest BCUT2D eigenvalue weighted by Crippen LogP contribution is 2.21. The minimum atomic E-state index is -0.299. The van der Waals surface area contributed by atoms with E-state index in [2.05, 4.69) is 24.4 Å². The molecule has 2 nitrogen and oxygen atoms in total. The monoisotopic (exact) mass is 287 g/mol. The lowest BCUT2D eigenvalue weighted by Crippen LogP contribution is -2.03. The van der Waals surface area contributed by atoms with Crippen molar-refractivity contribution >= 4 is 5.69 Å². The Kier molecular flexibility index (Phi) is 5.61. The molecule has 2 aromatic carbocycles. The number of unbranched alkanes of at least 4 members (excludes halogenated alkanes) is 1. The molecule has 1 N–H and O–H groups in total. The summed E-state index contributed by atoms with van der Waals surface area (Å²) in [6.07, 6.45) is 3.53. The van der Waals surface area contributed by atoms with Gasteiger partial charge in [0.2, 0.25) is 0 Å². The van der Waals surface area contributed by atoms with Crippen LogP contribution in [0.5, 0.6) is 5.75 Å². The summed E-state index contributed by atoms with van der Waals surface area (Å²) in [5, 5.41) is 3.24. The van der Waals surface area contributed by atoms with Crippen molar-refractivity contribution in [1.82, 2.24) is 0 Å². The van der Waals surface area contributed by atoms with Crippen LogP contribution in [-0.2, 0) is 13.0 Å². The number of hydrogen-bond acceptors (Lipinski definition) is 2. The lowest BCUT2D eigenvalue weighted by molar-refractivity contribution is 0.384. The molecule has 0 bridgehead atoms. The van der Waals surface area contributed by atoms with Crippen LogP contribution >= 0.6 is 0 Å². The fraction of sp³-hybridized carbons (Fsp3) is 0.333. The van der Waals surface area contributed by atoms with E-state index < -0.39 is 0 Å². The van der Waals surface area contributed by atoms with Crippen molar-refractivity contribution < 1.29 is 9.13 Å². The summed E-state index contributed by atoms with van der Waals surface area (Å²) in [5.41, 5.74) is 2.94. The van der Waals surface area contributed by atoms with E-state index in [1.165, 1.54) is 25.5 Å². The van der Waals surface area contributed by atoms with Crippen molar-refractivity contribution in [3.63, 3.8) is 0 Å². The highest BCUT2D eigenvalue weighted by molar-refractivity contribution is 5.45. The van der Waals surface area contributed by atoms with Crippen LogP contribution in [0, 0.1) is 5.82 Å². The van der Waals surface area contributed by atoms with E-state index >= 15 is 0 Å². The van der Waals surface area contributed by atoms with Gasteiger partial charge in [-0.25, -0.2) is 4.39 Å². The Bertz CT molecular complexity index is 566. The van der Waals surface area contributed by atoms with Crippen molar-refractivity contribution in [3.8, 4) is 5.75 Å². The SMILES string of the molecule is CCCCc1ccc(NCc2cccc(OC)c2F)cc1. The fourth-order valence-electron chi connectivity index (χ4n) is 2.22. The molecule has 0 saturated carbocycles. The number of benzene rings is 2. The molecule has 0 aliphatic rings.